The van der Waals surface area contributed by atoms with Crippen LogP contribution in [-0.2, 0) is 27.4 Å². The zero-order chi connectivity index (χ0) is 30.7. The van der Waals surface area contributed by atoms with E-state index >= 15 is 0 Å². The number of esters is 1. The molecule has 0 fully saturated rings. The van der Waals surface area contributed by atoms with Crippen molar-refractivity contribution in [1.29, 1.82) is 0 Å². The second kappa shape index (κ2) is 15.4. The van der Waals surface area contributed by atoms with Gasteiger partial charge >= 0.3 is 5.97 Å². The predicted octanol–water partition coefficient (Wildman–Crippen LogP) is 6.34. The molecule has 7 nitrogen and oxygen atoms in total. The molecule has 0 aromatic heterocycles. The van der Waals surface area contributed by atoms with E-state index in [0.29, 0.717) is 18.1 Å². The molecule has 0 aliphatic carbocycles. The second-order valence-corrected chi connectivity index (χ2v) is 12.3. The Bertz CT molecular complexity index is 1300. The van der Waals surface area contributed by atoms with Crippen molar-refractivity contribution >= 4 is 34.9 Å². The first-order valence-corrected chi connectivity index (χ1v) is 14.7. The normalized spacial score (nSPS) is 12.6. The lowest BCUT2D eigenvalue weighted by Crippen LogP contribution is -2.54. The van der Waals surface area contributed by atoms with Gasteiger partial charge in [-0.25, -0.2) is 4.79 Å². The summed E-state index contributed by atoms with van der Waals surface area (Å²) in [5, 5.41) is 9.55. The number of hydrogen-bond donors (Lipinski definition) is 3. The monoisotopic (exact) mass is 589 g/mol. The SMILES string of the molecule is Cc1ccc(NC(=S)N[C@@H](CC(C)C)C(=O)N[C@@H](Cc2ccc(OCc3ccccc3)cc2)C(=O)OC(C)(C)C)cc1. The number of rotatable bonds is 12. The number of hydrogen-bond acceptors (Lipinski definition) is 5. The van der Waals surface area contributed by atoms with Crippen LogP contribution in [0.3, 0.4) is 0 Å². The average Bonchev–Trinajstić information content (AvgIpc) is 2.92. The Morgan fingerprint density at radius 1 is 0.833 bits per heavy atom. The lowest BCUT2D eigenvalue weighted by molar-refractivity contribution is -0.158. The molecular weight excluding hydrogens is 546 g/mol. The summed E-state index contributed by atoms with van der Waals surface area (Å²) in [5.74, 6) is 0.106. The molecule has 0 spiro atoms. The Morgan fingerprint density at radius 3 is 2.07 bits per heavy atom. The van der Waals surface area contributed by atoms with Crippen molar-refractivity contribution in [3.63, 3.8) is 0 Å². The summed E-state index contributed by atoms with van der Waals surface area (Å²) in [5.41, 5.74) is 3.20. The molecule has 0 unspecified atom stereocenters. The van der Waals surface area contributed by atoms with Crippen molar-refractivity contribution in [1.82, 2.24) is 10.6 Å². The van der Waals surface area contributed by atoms with E-state index < -0.39 is 23.7 Å². The van der Waals surface area contributed by atoms with Crippen molar-refractivity contribution in [2.75, 3.05) is 5.32 Å². The highest BCUT2D eigenvalue weighted by molar-refractivity contribution is 7.80. The summed E-state index contributed by atoms with van der Waals surface area (Å²) < 4.78 is 11.6. The minimum Gasteiger partial charge on any atom is -0.489 e. The molecule has 42 heavy (non-hydrogen) atoms. The maximum atomic E-state index is 13.6. The van der Waals surface area contributed by atoms with Crippen molar-refractivity contribution in [2.45, 2.75) is 78.7 Å². The molecule has 1 amide bonds. The fourth-order valence-electron chi connectivity index (χ4n) is 4.20. The number of nitrogens with one attached hydrogen (secondary N) is 3. The Morgan fingerprint density at radius 2 is 1.48 bits per heavy atom. The van der Waals surface area contributed by atoms with Crippen LogP contribution in [0.4, 0.5) is 5.69 Å². The second-order valence-electron chi connectivity index (χ2n) is 11.9. The first kappa shape index (κ1) is 32.6. The zero-order valence-corrected chi connectivity index (χ0v) is 26.2. The van der Waals surface area contributed by atoms with Crippen molar-refractivity contribution in [3.8, 4) is 5.75 Å². The molecule has 2 atom stereocenters. The van der Waals surface area contributed by atoms with Gasteiger partial charge in [0.25, 0.3) is 0 Å². The third-order valence-corrected chi connectivity index (χ3v) is 6.48. The summed E-state index contributed by atoms with van der Waals surface area (Å²) in [4.78, 5) is 26.8. The van der Waals surface area contributed by atoms with Crippen LogP contribution >= 0.6 is 12.2 Å². The van der Waals surface area contributed by atoms with E-state index in [1.165, 1.54) is 0 Å². The van der Waals surface area contributed by atoms with E-state index in [2.05, 4.69) is 16.0 Å². The minimum absolute atomic E-state index is 0.207. The van der Waals surface area contributed by atoms with Crippen LogP contribution in [0.5, 0.6) is 5.75 Å². The Balaban J connectivity index is 1.70. The van der Waals surface area contributed by atoms with Gasteiger partial charge in [0.2, 0.25) is 5.91 Å². The van der Waals surface area contributed by atoms with Gasteiger partial charge < -0.3 is 25.4 Å². The van der Waals surface area contributed by atoms with Crippen LogP contribution in [0.25, 0.3) is 0 Å². The lowest BCUT2D eigenvalue weighted by atomic mass is 10.0. The summed E-state index contributed by atoms with van der Waals surface area (Å²) in [7, 11) is 0. The molecule has 224 valence electrons. The van der Waals surface area contributed by atoms with Crippen LogP contribution in [0.15, 0.2) is 78.9 Å². The molecular formula is C34H43N3O4S. The van der Waals surface area contributed by atoms with E-state index in [-0.39, 0.29) is 18.2 Å². The van der Waals surface area contributed by atoms with Gasteiger partial charge in [0.05, 0.1) is 0 Å². The maximum Gasteiger partial charge on any atom is 0.329 e. The number of amides is 1. The fourth-order valence-corrected chi connectivity index (χ4v) is 4.46. The Kier molecular flexibility index (Phi) is 11.9. The maximum absolute atomic E-state index is 13.6. The largest absolute Gasteiger partial charge is 0.489 e. The summed E-state index contributed by atoms with van der Waals surface area (Å²) in [6.45, 7) is 12.0. The van der Waals surface area contributed by atoms with Crippen LogP contribution in [0.2, 0.25) is 0 Å². The first-order chi connectivity index (χ1) is 19.9. The summed E-state index contributed by atoms with van der Waals surface area (Å²) >= 11 is 5.52. The van der Waals surface area contributed by atoms with Gasteiger partial charge in [-0.15, -0.1) is 0 Å². The van der Waals surface area contributed by atoms with E-state index in [0.717, 1.165) is 28.1 Å². The molecule has 0 aliphatic heterocycles. The quantitative estimate of drug-likeness (QED) is 0.168. The van der Waals surface area contributed by atoms with Gasteiger partial charge in [-0.1, -0.05) is 74.0 Å². The third kappa shape index (κ3) is 11.5. The molecule has 3 aromatic rings. The van der Waals surface area contributed by atoms with Crippen molar-refractivity contribution in [3.05, 3.63) is 95.6 Å². The summed E-state index contributed by atoms with van der Waals surface area (Å²) in [6.07, 6.45) is 0.788. The Hall–Kier alpha value is -3.91. The lowest BCUT2D eigenvalue weighted by Gasteiger charge is -2.27. The predicted molar refractivity (Wildman–Crippen MR) is 172 cm³/mol. The van der Waals surface area contributed by atoms with E-state index in [4.69, 9.17) is 21.7 Å². The number of carbonyl (C=O) groups is 2. The van der Waals surface area contributed by atoms with Gasteiger partial charge in [0, 0.05) is 12.1 Å². The van der Waals surface area contributed by atoms with Crippen molar-refractivity contribution < 1.29 is 19.1 Å². The van der Waals surface area contributed by atoms with Gasteiger partial charge in [-0.2, -0.15) is 0 Å². The molecule has 0 radical (unpaired) electrons. The zero-order valence-electron chi connectivity index (χ0n) is 25.4. The van der Waals surface area contributed by atoms with Gasteiger partial charge in [0.1, 0.15) is 30.0 Å². The van der Waals surface area contributed by atoms with Crippen LogP contribution in [-0.4, -0.2) is 34.7 Å². The molecule has 8 heteroatoms. The van der Waals surface area contributed by atoms with Crippen LogP contribution < -0.4 is 20.7 Å². The van der Waals surface area contributed by atoms with Crippen LogP contribution in [0, 0.1) is 12.8 Å². The number of benzene rings is 3. The smallest absolute Gasteiger partial charge is 0.329 e. The van der Waals surface area contributed by atoms with Gasteiger partial charge in [-0.05, 0) is 87.6 Å². The highest BCUT2D eigenvalue weighted by Gasteiger charge is 2.30. The molecule has 3 N–H and O–H groups in total. The van der Waals surface area contributed by atoms with E-state index in [1.54, 1.807) is 20.8 Å². The number of ether oxygens (including phenoxy) is 2. The number of aryl methyl sites for hydroxylation is 1. The van der Waals surface area contributed by atoms with E-state index in [9.17, 15) is 9.59 Å². The fraction of sp³-hybridized carbons (Fsp3) is 0.382. The topological polar surface area (TPSA) is 88.7 Å². The minimum atomic E-state index is -0.886. The van der Waals surface area contributed by atoms with E-state index in [1.807, 2.05) is 99.6 Å². The molecule has 3 aromatic carbocycles. The van der Waals surface area contributed by atoms with Crippen molar-refractivity contribution in [2.24, 2.45) is 5.92 Å². The molecule has 3 rings (SSSR count). The average molecular weight is 590 g/mol. The first-order valence-electron chi connectivity index (χ1n) is 14.3. The van der Waals surface area contributed by atoms with Gasteiger partial charge in [0.15, 0.2) is 5.11 Å². The molecule has 0 bridgehead atoms. The van der Waals surface area contributed by atoms with Gasteiger partial charge in [-0.3, -0.25) is 4.79 Å². The summed E-state index contributed by atoms with van der Waals surface area (Å²) in [6, 6.07) is 23.8. The highest BCUT2D eigenvalue weighted by Crippen LogP contribution is 2.18. The van der Waals surface area contributed by atoms with Crippen LogP contribution in [0.1, 0.15) is 57.7 Å². The number of anilines is 1. The third-order valence-electron chi connectivity index (χ3n) is 6.26. The Labute approximate surface area is 255 Å². The number of thiocarbonyl (C=S) groups is 1. The number of carbonyl (C=O) groups excluding carboxylic acids is 2. The molecule has 0 saturated carbocycles. The highest BCUT2D eigenvalue weighted by atomic mass is 32.1. The molecule has 0 aliphatic rings. The molecule has 0 saturated heterocycles. The molecule has 0 heterocycles. The standard InChI is InChI=1S/C34H43N3O4S/c1-23(2)20-29(37-33(42)35-27-16-12-24(3)13-17-27)31(38)36-30(32(39)41-34(4,5)6)21-25-14-18-28(19-15-25)40-22-26-10-8-7-9-11-26/h7-19,23,29-30H,20-22H2,1-6H3,(H,36,38)(H2,35,37,42)/t29-,30-/m0/s1.